The molecule has 5 rings (SSSR count). The molecule has 1 aromatic carbocycles. The highest BCUT2D eigenvalue weighted by molar-refractivity contribution is 7.89. The summed E-state index contributed by atoms with van der Waals surface area (Å²) in [5.41, 5.74) is -1.38. The van der Waals surface area contributed by atoms with Crippen molar-refractivity contribution in [1.82, 2.24) is 25.2 Å². The molecule has 3 heterocycles. The third-order valence-electron chi connectivity index (χ3n) is 9.07. The Balaban J connectivity index is 1.40. The number of sulfonamides is 1. The number of carbonyl (C=O) groups is 5. The largest absolute Gasteiger partial charge is 0.444 e. The molecular weight excluding hydrogens is 661 g/mol. The summed E-state index contributed by atoms with van der Waals surface area (Å²) in [6, 6.07) is 2.27. The van der Waals surface area contributed by atoms with Gasteiger partial charge in [0, 0.05) is 24.4 Å². The molecule has 0 spiro atoms. The SMILES string of the molecule is CC(C)(C)OC(=O)N[C@H]1CCCCCC=C[C@@H]2C[C@@]2(C(=O)NS(C)(=O)=O)NC(=O)[C@@H]2C[C@@H](OC(=O)N3Cc4cccc(F)c4C3)CN2C1=O. The Morgan fingerprint density at radius 2 is 1.86 bits per heavy atom. The van der Waals surface area contributed by atoms with Crippen molar-refractivity contribution in [3.63, 3.8) is 0 Å². The first-order valence-corrected chi connectivity index (χ1v) is 18.4. The van der Waals surface area contributed by atoms with E-state index in [1.165, 1.54) is 15.9 Å². The van der Waals surface area contributed by atoms with Crippen LogP contribution in [-0.4, -0.2) is 90.3 Å². The highest BCUT2D eigenvalue weighted by atomic mass is 32.2. The molecule has 0 radical (unpaired) electrons. The second-order valence-corrected chi connectivity index (χ2v) is 16.0. The van der Waals surface area contributed by atoms with Crippen molar-refractivity contribution < 1.29 is 46.3 Å². The summed E-state index contributed by atoms with van der Waals surface area (Å²) in [6.45, 7) is 4.98. The van der Waals surface area contributed by atoms with Crippen molar-refractivity contribution in [1.29, 1.82) is 0 Å². The van der Waals surface area contributed by atoms with E-state index in [0.717, 1.165) is 12.7 Å². The fraction of sp³-hybridized carbons (Fsp3) is 0.606. The number of ether oxygens (including phenoxy) is 2. The molecule has 268 valence electrons. The van der Waals surface area contributed by atoms with Crippen molar-refractivity contribution in [3.05, 3.63) is 47.3 Å². The molecule has 1 saturated carbocycles. The van der Waals surface area contributed by atoms with Crippen LogP contribution in [0.5, 0.6) is 0 Å². The molecule has 16 heteroatoms. The Bertz CT molecular complexity index is 1640. The summed E-state index contributed by atoms with van der Waals surface area (Å²) >= 11 is 0. The number of hydrogen-bond acceptors (Lipinski definition) is 9. The van der Waals surface area contributed by atoms with Gasteiger partial charge in [0.05, 0.1) is 19.3 Å². The van der Waals surface area contributed by atoms with Gasteiger partial charge in [0.2, 0.25) is 21.8 Å². The van der Waals surface area contributed by atoms with E-state index in [-0.39, 0.29) is 38.9 Å². The maximum Gasteiger partial charge on any atom is 0.410 e. The number of hydrogen-bond donors (Lipinski definition) is 3. The molecule has 49 heavy (non-hydrogen) atoms. The van der Waals surface area contributed by atoms with E-state index in [2.05, 4.69) is 10.6 Å². The summed E-state index contributed by atoms with van der Waals surface area (Å²) in [5, 5.41) is 5.37. The van der Waals surface area contributed by atoms with Crippen molar-refractivity contribution in [2.45, 2.75) is 108 Å². The van der Waals surface area contributed by atoms with Gasteiger partial charge in [-0.25, -0.2) is 22.4 Å². The average Bonchev–Trinajstić information content (AvgIpc) is 3.30. The lowest BCUT2D eigenvalue weighted by atomic mass is 10.0. The van der Waals surface area contributed by atoms with Gasteiger partial charge in [0.25, 0.3) is 5.91 Å². The normalized spacial score (nSPS) is 27.4. The van der Waals surface area contributed by atoms with Crippen molar-refractivity contribution in [2.24, 2.45) is 5.92 Å². The van der Waals surface area contributed by atoms with Gasteiger partial charge in [-0.2, -0.15) is 0 Å². The molecule has 4 aliphatic rings. The van der Waals surface area contributed by atoms with Crippen LogP contribution in [0.4, 0.5) is 14.0 Å². The highest BCUT2D eigenvalue weighted by Crippen LogP contribution is 2.45. The van der Waals surface area contributed by atoms with Crippen LogP contribution in [0.25, 0.3) is 0 Å². The summed E-state index contributed by atoms with van der Waals surface area (Å²) in [6.07, 6.45) is 4.92. The number of alkyl carbamates (subject to hydrolysis) is 1. The Kier molecular flexibility index (Phi) is 10.3. The zero-order valence-corrected chi connectivity index (χ0v) is 28.9. The van der Waals surface area contributed by atoms with Crippen LogP contribution in [-0.2, 0) is 47.0 Å². The second kappa shape index (κ2) is 14.0. The van der Waals surface area contributed by atoms with Gasteiger partial charge < -0.3 is 25.0 Å². The van der Waals surface area contributed by atoms with Crippen LogP contribution in [0, 0.1) is 11.7 Å². The molecule has 1 aromatic rings. The highest BCUT2D eigenvalue weighted by Gasteiger charge is 2.61. The smallest absolute Gasteiger partial charge is 0.410 e. The Labute approximate surface area is 285 Å². The first-order chi connectivity index (χ1) is 23.0. The monoisotopic (exact) mass is 705 g/mol. The van der Waals surface area contributed by atoms with Gasteiger partial charge in [-0.15, -0.1) is 0 Å². The summed E-state index contributed by atoms with van der Waals surface area (Å²) in [4.78, 5) is 70.1. The standard InChI is InChI=1S/C33H44FN5O9S/c1-32(2,3)48-30(43)35-25-14-9-7-5-6-8-12-21-16-33(21,29(42)37-49(4,45)46)36-27(40)26-15-22(18-39(26)28(25)41)47-31(44)38-17-20-11-10-13-24(34)23(20)19-38/h8,10-13,21-22,25-26H,5-7,9,14-19H2,1-4H3,(H,35,43)(H,36,40)(H,37,42)/t21-,22-,25+,26+,33-/m1/s1. The van der Waals surface area contributed by atoms with Crippen molar-refractivity contribution in [3.8, 4) is 0 Å². The number of amides is 5. The number of allylic oxidation sites excluding steroid dienone is 1. The molecule has 0 aromatic heterocycles. The third kappa shape index (κ3) is 8.69. The zero-order valence-electron chi connectivity index (χ0n) is 28.1. The van der Waals surface area contributed by atoms with Crippen LogP contribution in [0.1, 0.15) is 76.8 Å². The lowest BCUT2D eigenvalue weighted by molar-refractivity contribution is -0.141. The Morgan fingerprint density at radius 3 is 2.55 bits per heavy atom. The Hall–Kier alpha value is -4.21. The van der Waals surface area contributed by atoms with Crippen LogP contribution in [0.2, 0.25) is 0 Å². The molecule has 3 aliphatic heterocycles. The van der Waals surface area contributed by atoms with Gasteiger partial charge in [0.1, 0.15) is 35.1 Å². The van der Waals surface area contributed by atoms with Crippen molar-refractivity contribution >= 4 is 39.9 Å². The molecule has 5 amide bonds. The van der Waals surface area contributed by atoms with E-state index in [4.69, 9.17) is 9.47 Å². The molecule has 1 saturated heterocycles. The minimum atomic E-state index is -3.96. The predicted octanol–water partition coefficient (Wildman–Crippen LogP) is 2.61. The molecule has 0 bridgehead atoms. The minimum Gasteiger partial charge on any atom is -0.444 e. The predicted molar refractivity (Wildman–Crippen MR) is 173 cm³/mol. The molecular formula is C33H44FN5O9S. The molecule has 14 nitrogen and oxygen atoms in total. The van der Waals surface area contributed by atoms with E-state index in [1.54, 1.807) is 39.0 Å². The lowest BCUT2D eigenvalue weighted by Crippen LogP contribution is -2.58. The van der Waals surface area contributed by atoms with Gasteiger partial charge in [-0.1, -0.05) is 37.1 Å². The van der Waals surface area contributed by atoms with Gasteiger partial charge >= 0.3 is 12.2 Å². The summed E-state index contributed by atoms with van der Waals surface area (Å²) in [5.74, 6) is -3.16. The zero-order chi connectivity index (χ0) is 35.7. The molecule has 1 aliphatic carbocycles. The number of fused-ring (bicyclic) bond motifs is 3. The summed E-state index contributed by atoms with van der Waals surface area (Å²) < 4.78 is 51.5. The third-order valence-corrected chi connectivity index (χ3v) is 9.62. The van der Waals surface area contributed by atoms with Gasteiger partial charge in [-0.3, -0.25) is 24.0 Å². The lowest BCUT2D eigenvalue weighted by Gasteiger charge is -2.30. The number of benzene rings is 1. The molecule has 2 fully saturated rings. The second-order valence-electron chi connectivity index (χ2n) is 14.2. The van der Waals surface area contributed by atoms with E-state index in [1.807, 2.05) is 10.8 Å². The first kappa shape index (κ1) is 36.1. The Morgan fingerprint density at radius 1 is 1.10 bits per heavy atom. The van der Waals surface area contributed by atoms with Crippen molar-refractivity contribution in [2.75, 3.05) is 12.8 Å². The minimum absolute atomic E-state index is 0.00508. The number of rotatable bonds is 4. The maximum absolute atomic E-state index is 14.4. The van der Waals surface area contributed by atoms with Crippen LogP contribution in [0.3, 0.4) is 0 Å². The number of carbonyl (C=O) groups excluding carboxylic acids is 5. The number of halogens is 1. The number of nitrogens with zero attached hydrogens (tertiary/aromatic N) is 2. The topological polar surface area (TPSA) is 181 Å². The fourth-order valence-corrected chi connectivity index (χ4v) is 7.12. The van der Waals surface area contributed by atoms with E-state index >= 15 is 0 Å². The molecule has 3 N–H and O–H groups in total. The van der Waals surface area contributed by atoms with Gasteiger partial charge in [0.15, 0.2) is 0 Å². The van der Waals surface area contributed by atoms with Crippen LogP contribution >= 0.6 is 0 Å². The first-order valence-electron chi connectivity index (χ1n) is 16.5. The average molecular weight is 706 g/mol. The van der Waals surface area contributed by atoms with E-state index in [0.29, 0.717) is 30.4 Å². The molecule has 5 atom stereocenters. The fourth-order valence-electron chi connectivity index (χ4n) is 6.60. The van der Waals surface area contributed by atoms with E-state index in [9.17, 15) is 36.8 Å². The van der Waals surface area contributed by atoms with Gasteiger partial charge in [-0.05, 0) is 58.1 Å². The van der Waals surface area contributed by atoms with E-state index < -0.39 is 81.0 Å². The van der Waals surface area contributed by atoms with Crippen LogP contribution in [0.15, 0.2) is 30.4 Å². The quantitative estimate of drug-likeness (QED) is 0.397. The molecule has 0 unspecified atom stereocenters. The van der Waals surface area contributed by atoms with Crippen LogP contribution < -0.4 is 15.4 Å². The summed E-state index contributed by atoms with van der Waals surface area (Å²) in [7, 11) is -3.96. The maximum atomic E-state index is 14.4. The number of nitrogens with one attached hydrogen (secondary N) is 3.